The molecule has 4 aromatic heterocycles. The topological polar surface area (TPSA) is 300 Å². The van der Waals surface area contributed by atoms with Crippen LogP contribution in [0.3, 0.4) is 0 Å². The summed E-state index contributed by atoms with van der Waals surface area (Å²) in [5.41, 5.74) is 18.5. The van der Waals surface area contributed by atoms with Gasteiger partial charge in [-0.2, -0.15) is 0 Å². The Balaban J connectivity index is 0.000000122. The lowest BCUT2D eigenvalue weighted by Gasteiger charge is -2.26. The fourth-order valence-corrected chi connectivity index (χ4v) is 19.8. The van der Waals surface area contributed by atoms with Crippen LogP contribution in [-0.2, 0) is 85.0 Å². The lowest BCUT2D eigenvalue weighted by molar-refractivity contribution is -0.116. The molecular weight excluding hydrogens is 1790 g/mol. The summed E-state index contributed by atoms with van der Waals surface area (Å²) >= 11 is 2.27. The van der Waals surface area contributed by atoms with Crippen molar-refractivity contribution >= 4 is 69.5 Å². The van der Waals surface area contributed by atoms with Gasteiger partial charge in [-0.3, -0.25) is 19.2 Å². The Bertz CT molecular complexity index is 6340. The number of hydrogen-bond acceptors (Lipinski definition) is 16. The predicted octanol–water partition coefficient (Wildman–Crippen LogP) is 22.4. The highest BCUT2D eigenvalue weighted by Gasteiger charge is 2.35. The van der Waals surface area contributed by atoms with Gasteiger partial charge in [0.1, 0.15) is 23.0 Å². The van der Waals surface area contributed by atoms with Gasteiger partial charge >= 0.3 is 0 Å². The van der Waals surface area contributed by atoms with Crippen LogP contribution in [0.2, 0.25) is 0 Å². The fraction of sp³-hybridized carbons (Fsp3) is 0.340. The van der Waals surface area contributed by atoms with Crippen molar-refractivity contribution in [3.63, 3.8) is 0 Å². The Morgan fingerprint density at radius 3 is 0.954 bits per heavy atom. The highest BCUT2D eigenvalue weighted by Crippen LogP contribution is 2.46. The largest absolute Gasteiger partial charge is 0.508 e. The molecule has 8 aliphatic carbocycles. The molecule has 8 N–H and O–H groups in total. The van der Waals surface area contributed by atoms with E-state index in [4.69, 9.17) is 34.9 Å². The summed E-state index contributed by atoms with van der Waals surface area (Å²) in [5.74, 6) is -10.4. The second kappa shape index (κ2) is 40.4. The van der Waals surface area contributed by atoms with E-state index in [0.717, 1.165) is 233 Å². The first-order valence-electron chi connectivity index (χ1n) is 45.3. The highest BCUT2D eigenvalue weighted by atomic mass is 127. The second-order valence-corrected chi connectivity index (χ2v) is 36.4. The van der Waals surface area contributed by atoms with Crippen LogP contribution in [0.25, 0.3) is 45.0 Å². The molecule has 0 saturated heterocycles. The molecule has 674 valence electrons. The summed E-state index contributed by atoms with van der Waals surface area (Å²) in [5, 5.41) is 51.0. The standard InChI is InChI=1S/C26H22F5N3O2.C26H25F2N3O2.C26H26IN3O2.C25H25N3O2/c27-19-16(20(28)22(30)23(31)21(19)29)11-18(36)33-26-24(12-4-2-1-3-5-12)34-25-15-8-7-14(35)10-13(15)6-9-17(25)32-26;27-20-10-6-15(12-21(20)28)13-23(33)30-26-24(16-4-2-1-3-5-16)31-25-19-9-8-18(32)14-17(19)7-11-22(25)29-26;27-19-9-6-16(7-10-19)14-23(32)29-26-24(17-4-2-1-3-5-17)30-25-21-12-11-20(31)15-18(21)8-13-22(25)28-26;29-19-12-13-20-18(15-19)11-14-21-23(20)27-22(16-7-3-1-4-8-16)24(26-21)28-25(30)17-9-5-2-6-10-17/h7-8,10,12,35H,1-6,9,11H2,(H,32,33,36);6,8-10,12,14,16,32H,1-5,7,11,13H2,(H,29,30,33);6-7,9-12,15,17,31H,1-5,8,13-14H2,(H,28,29,32);2,5-6,9-10,12-13,15-16,29H,1,3-4,7-8,11,14H2,(H,26,28,30). The van der Waals surface area contributed by atoms with Crippen LogP contribution in [0.15, 0.2) is 146 Å². The van der Waals surface area contributed by atoms with Crippen molar-refractivity contribution in [1.82, 2.24) is 39.9 Å². The minimum absolute atomic E-state index is 0.0106. The van der Waals surface area contributed by atoms with Gasteiger partial charge in [0.15, 0.2) is 58.2 Å². The van der Waals surface area contributed by atoms with Crippen LogP contribution in [-0.4, -0.2) is 83.9 Å². The van der Waals surface area contributed by atoms with E-state index < -0.39 is 58.6 Å². The third-order valence-electron chi connectivity index (χ3n) is 26.2. The molecule has 0 radical (unpaired) electrons. The van der Waals surface area contributed by atoms with E-state index >= 15 is 0 Å². The molecule has 20 nitrogen and oxygen atoms in total. The van der Waals surface area contributed by atoms with Gasteiger partial charge in [0.2, 0.25) is 23.5 Å². The minimum atomic E-state index is -2.28. The number of amides is 4. The van der Waals surface area contributed by atoms with Gasteiger partial charge in [-0.1, -0.05) is 113 Å². The number of phenols is 4. The first-order chi connectivity index (χ1) is 63.5. The van der Waals surface area contributed by atoms with Crippen LogP contribution >= 0.6 is 22.6 Å². The molecular formula is C103H98F7IN12O8. The quantitative estimate of drug-likeness (QED) is 0.0205. The first kappa shape index (κ1) is 90.3. The lowest BCUT2D eigenvalue weighted by Crippen LogP contribution is -2.23. The number of halogens is 8. The minimum Gasteiger partial charge on any atom is -0.508 e. The zero-order valence-corrected chi connectivity index (χ0v) is 74.3. The Labute approximate surface area is 766 Å². The van der Waals surface area contributed by atoms with E-state index in [2.05, 4.69) is 48.8 Å². The van der Waals surface area contributed by atoms with Crippen molar-refractivity contribution < 1.29 is 70.3 Å². The van der Waals surface area contributed by atoms with Crippen molar-refractivity contribution in [2.45, 2.75) is 223 Å². The smallest absolute Gasteiger partial charge is 0.256 e. The van der Waals surface area contributed by atoms with Gasteiger partial charge in [0.25, 0.3) is 5.91 Å². The summed E-state index contributed by atoms with van der Waals surface area (Å²) < 4.78 is 96.7. The number of carbonyl (C=O) groups excluding carboxylic acids is 4. The van der Waals surface area contributed by atoms with Crippen LogP contribution < -0.4 is 21.3 Å². The number of aromatic nitrogens is 8. The fourth-order valence-electron chi connectivity index (χ4n) is 19.5. The Morgan fingerprint density at radius 2 is 0.618 bits per heavy atom. The zero-order chi connectivity index (χ0) is 91.1. The number of hydrogen-bond donors (Lipinski definition) is 8. The van der Waals surface area contributed by atoms with Crippen molar-refractivity contribution in [3.05, 3.63) is 280 Å². The number of carbonyl (C=O) groups is 4. The molecule has 0 spiro atoms. The van der Waals surface area contributed by atoms with Crippen molar-refractivity contribution in [2.24, 2.45) is 0 Å². The Morgan fingerprint density at radius 1 is 0.313 bits per heavy atom. The average Bonchev–Trinajstić information content (AvgIpc) is 0.584. The predicted molar refractivity (Wildman–Crippen MR) is 493 cm³/mol. The molecule has 8 aromatic carbocycles. The van der Waals surface area contributed by atoms with Crippen LogP contribution in [0.4, 0.5) is 54.0 Å². The van der Waals surface area contributed by atoms with Crippen molar-refractivity contribution in [3.8, 4) is 68.0 Å². The summed E-state index contributed by atoms with van der Waals surface area (Å²) in [6.45, 7) is 0. The number of benzene rings is 8. The molecule has 4 heterocycles. The molecule has 0 aliphatic heterocycles. The average molecular weight is 1890 g/mol. The molecule has 0 atom stereocenters. The number of phenolic OH excluding ortho intramolecular Hbond substituents is 4. The maximum Gasteiger partial charge on any atom is 0.256 e. The lowest BCUT2D eigenvalue weighted by atomic mass is 9.85. The summed E-state index contributed by atoms with van der Waals surface area (Å²) in [7, 11) is 0. The van der Waals surface area contributed by atoms with Gasteiger partial charge in [0.05, 0.1) is 87.6 Å². The number of fused-ring (bicyclic) bond motifs is 12. The zero-order valence-electron chi connectivity index (χ0n) is 72.1. The molecule has 131 heavy (non-hydrogen) atoms. The summed E-state index contributed by atoms with van der Waals surface area (Å²) in [6, 6.07) is 42.0. The van der Waals surface area contributed by atoms with Gasteiger partial charge in [-0.05, 0) is 268 Å². The van der Waals surface area contributed by atoms with Crippen molar-refractivity contribution in [2.75, 3.05) is 21.3 Å². The number of nitrogens with one attached hydrogen (secondary N) is 4. The number of nitrogens with zero attached hydrogens (tertiary/aromatic N) is 8. The number of rotatable bonds is 15. The maximum absolute atomic E-state index is 14.1. The third-order valence-corrected chi connectivity index (χ3v) is 26.9. The summed E-state index contributed by atoms with van der Waals surface area (Å²) in [6.07, 6.45) is 26.3. The molecule has 8 aliphatic rings. The van der Waals surface area contributed by atoms with E-state index in [0.29, 0.717) is 83.2 Å². The molecule has 4 amide bonds. The van der Waals surface area contributed by atoms with E-state index in [1.165, 1.54) is 51.0 Å². The number of anilines is 4. The van der Waals surface area contributed by atoms with Crippen molar-refractivity contribution in [1.29, 1.82) is 0 Å². The maximum atomic E-state index is 14.1. The monoisotopic (exact) mass is 1890 g/mol. The van der Waals surface area contributed by atoms with E-state index in [1.807, 2.05) is 84.9 Å². The van der Waals surface area contributed by atoms with E-state index in [-0.39, 0.29) is 64.8 Å². The van der Waals surface area contributed by atoms with E-state index in [1.54, 1.807) is 42.5 Å². The van der Waals surface area contributed by atoms with Gasteiger partial charge in [-0.15, -0.1) is 0 Å². The normalized spacial score (nSPS) is 15.6. The van der Waals surface area contributed by atoms with Gasteiger partial charge < -0.3 is 41.7 Å². The van der Waals surface area contributed by atoms with Crippen LogP contribution in [0.1, 0.15) is 247 Å². The molecule has 4 fully saturated rings. The highest BCUT2D eigenvalue weighted by molar-refractivity contribution is 14.1. The second-order valence-electron chi connectivity index (χ2n) is 35.1. The first-order valence-corrected chi connectivity index (χ1v) is 46.4. The Kier molecular flexibility index (Phi) is 27.9. The SMILES string of the molecule is O=C(Cc1c(F)c(F)c(F)c(F)c1F)Nc1nc2c(nc1C1CCCCC1)-c1ccc(O)cc1CC2.O=C(Cc1ccc(F)c(F)c1)Nc1nc2c(nc1C1CCCCC1)-c1ccc(O)cc1CC2.O=C(Cc1ccc(I)cc1)Nc1nc2c(nc1C1CCCCC1)-c1ccc(O)cc1CC2.O=C(Nc1nc2c(nc1C1CCCCC1)-c1ccc(O)cc1CC2)c1ccccc1. The molecule has 4 saturated carbocycles. The molecule has 0 unspecified atom stereocenters. The third kappa shape index (κ3) is 20.8. The van der Waals surface area contributed by atoms with Gasteiger partial charge in [-0.25, -0.2) is 70.6 Å². The van der Waals surface area contributed by atoms with Gasteiger partial charge in [0, 0.05) is 60.6 Å². The molecule has 0 bridgehead atoms. The summed E-state index contributed by atoms with van der Waals surface area (Å²) in [4.78, 5) is 90.7. The van der Waals surface area contributed by atoms with Crippen LogP contribution in [0.5, 0.6) is 23.0 Å². The van der Waals surface area contributed by atoms with E-state index in [9.17, 15) is 70.3 Å². The molecule has 28 heteroatoms. The number of aromatic hydroxyl groups is 4. The number of aryl methyl sites for hydroxylation is 8. The Hall–Kier alpha value is -12.6. The molecule has 20 rings (SSSR count). The van der Waals surface area contributed by atoms with Crippen LogP contribution in [0, 0.1) is 44.3 Å². The molecule has 12 aromatic rings.